The highest BCUT2D eigenvalue weighted by molar-refractivity contribution is 5.79. The largest absolute Gasteiger partial charge is 0.444 e. The molecule has 0 spiro atoms. The van der Waals surface area contributed by atoms with Crippen molar-refractivity contribution in [2.24, 2.45) is 4.99 Å². The summed E-state index contributed by atoms with van der Waals surface area (Å²) in [7, 11) is 1.76. The second-order valence-electron chi connectivity index (χ2n) is 6.22. The van der Waals surface area contributed by atoms with Crippen molar-refractivity contribution in [3.05, 3.63) is 77.2 Å². The van der Waals surface area contributed by atoms with E-state index < -0.39 is 0 Å². The topological polar surface area (TPSA) is 62.5 Å². The van der Waals surface area contributed by atoms with E-state index in [0.717, 1.165) is 23.8 Å². The fourth-order valence-electron chi connectivity index (χ4n) is 2.60. The van der Waals surface area contributed by atoms with Gasteiger partial charge in [0, 0.05) is 19.2 Å². The van der Waals surface area contributed by atoms with Gasteiger partial charge in [-0.05, 0) is 37.1 Å². The van der Waals surface area contributed by atoms with Gasteiger partial charge in [0.05, 0.1) is 12.2 Å². The first-order chi connectivity index (χ1) is 12.7. The van der Waals surface area contributed by atoms with Crippen LogP contribution in [0.3, 0.4) is 0 Å². The molecule has 0 saturated carbocycles. The fraction of sp³-hybridized carbons (Fsp3) is 0.238. The summed E-state index contributed by atoms with van der Waals surface area (Å²) in [6.45, 7) is 5.43. The zero-order valence-electron chi connectivity index (χ0n) is 15.4. The van der Waals surface area contributed by atoms with Crippen LogP contribution in [-0.4, -0.2) is 18.0 Å². The Hall–Kier alpha value is -3.08. The monoisotopic (exact) mass is 348 g/mol. The Kier molecular flexibility index (Phi) is 5.69. The van der Waals surface area contributed by atoms with E-state index in [0.29, 0.717) is 12.4 Å². The Bertz CT molecular complexity index is 881. The average molecular weight is 348 g/mol. The molecular formula is C21H24N4O. The number of nitrogens with one attached hydrogen (secondary N) is 2. The van der Waals surface area contributed by atoms with Gasteiger partial charge >= 0.3 is 0 Å². The molecule has 5 nitrogen and oxygen atoms in total. The first kappa shape index (κ1) is 17.7. The van der Waals surface area contributed by atoms with Gasteiger partial charge in [-0.15, -0.1) is 0 Å². The molecule has 0 fully saturated rings. The van der Waals surface area contributed by atoms with Gasteiger partial charge in [0.2, 0.25) is 5.89 Å². The molecule has 1 heterocycles. The molecule has 0 aliphatic heterocycles. The third kappa shape index (κ3) is 4.51. The SMILES string of the molecule is CN=C(NCc1coc(-c2ccc(C)cc2)n1)NCc1ccccc1C. The van der Waals surface area contributed by atoms with E-state index in [-0.39, 0.29) is 0 Å². The van der Waals surface area contributed by atoms with E-state index in [2.05, 4.69) is 58.7 Å². The van der Waals surface area contributed by atoms with Crippen molar-refractivity contribution in [3.8, 4) is 11.5 Å². The molecule has 0 atom stereocenters. The predicted octanol–water partition coefficient (Wildman–Crippen LogP) is 3.82. The second kappa shape index (κ2) is 8.34. The van der Waals surface area contributed by atoms with Crippen LogP contribution in [-0.2, 0) is 13.1 Å². The maximum absolute atomic E-state index is 5.59. The maximum Gasteiger partial charge on any atom is 0.226 e. The van der Waals surface area contributed by atoms with Gasteiger partial charge in [-0.2, -0.15) is 0 Å². The summed E-state index contributed by atoms with van der Waals surface area (Å²) < 4.78 is 5.59. The van der Waals surface area contributed by atoms with Crippen LogP contribution >= 0.6 is 0 Å². The van der Waals surface area contributed by atoms with Crippen LogP contribution in [0.1, 0.15) is 22.4 Å². The minimum atomic E-state index is 0.544. The first-order valence-corrected chi connectivity index (χ1v) is 8.66. The van der Waals surface area contributed by atoms with Gasteiger partial charge in [-0.3, -0.25) is 4.99 Å². The van der Waals surface area contributed by atoms with Crippen LogP contribution in [0.2, 0.25) is 0 Å². The Morgan fingerprint density at radius 2 is 1.73 bits per heavy atom. The molecule has 0 aliphatic rings. The molecule has 0 aliphatic carbocycles. The van der Waals surface area contributed by atoms with E-state index in [4.69, 9.17) is 4.42 Å². The highest BCUT2D eigenvalue weighted by atomic mass is 16.3. The number of oxazole rings is 1. The molecule has 0 unspecified atom stereocenters. The zero-order chi connectivity index (χ0) is 18.4. The molecule has 0 bridgehead atoms. The summed E-state index contributed by atoms with van der Waals surface area (Å²) in [6.07, 6.45) is 1.68. The number of guanidine groups is 1. The van der Waals surface area contributed by atoms with Crippen molar-refractivity contribution >= 4 is 5.96 Å². The van der Waals surface area contributed by atoms with Gasteiger partial charge < -0.3 is 15.1 Å². The Balaban J connectivity index is 1.56. The lowest BCUT2D eigenvalue weighted by molar-refractivity contribution is 0.572. The Morgan fingerprint density at radius 1 is 1.00 bits per heavy atom. The summed E-state index contributed by atoms with van der Waals surface area (Å²) in [5.74, 6) is 1.36. The number of hydrogen-bond acceptors (Lipinski definition) is 3. The lowest BCUT2D eigenvalue weighted by Crippen LogP contribution is -2.36. The molecule has 5 heteroatoms. The zero-order valence-corrected chi connectivity index (χ0v) is 15.4. The molecule has 26 heavy (non-hydrogen) atoms. The highest BCUT2D eigenvalue weighted by Gasteiger charge is 2.07. The van der Waals surface area contributed by atoms with Crippen molar-refractivity contribution in [1.82, 2.24) is 15.6 Å². The van der Waals surface area contributed by atoms with Crippen LogP contribution in [0.5, 0.6) is 0 Å². The Morgan fingerprint density at radius 3 is 2.46 bits per heavy atom. The molecule has 134 valence electrons. The van der Waals surface area contributed by atoms with Crippen molar-refractivity contribution in [3.63, 3.8) is 0 Å². The van der Waals surface area contributed by atoms with Crippen LogP contribution < -0.4 is 10.6 Å². The number of hydrogen-bond donors (Lipinski definition) is 2. The Labute approximate surface area is 154 Å². The van der Waals surface area contributed by atoms with Crippen LogP contribution in [0.15, 0.2) is 64.2 Å². The van der Waals surface area contributed by atoms with Crippen LogP contribution in [0, 0.1) is 13.8 Å². The molecule has 0 saturated heterocycles. The van der Waals surface area contributed by atoms with Crippen LogP contribution in [0.25, 0.3) is 11.5 Å². The maximum atomic E-state index is 5.59. The van der Waals surface area contributed by atoms with E-state index >= 15 is 0 Å². The van der Waals surface area contributed by atoms with Crippen molar-refractivity contribution in [2.45, 2.75) is 26.9 Å². The molecule has 0 amide bonds. The normalized spacial score (nSPS) is 11.4. The van der Waals surface area contributed by atoms with Gasteiger partial charge in [0.1, 0.15) is 6.26 Å². The summed E-state index contributed by atoms with van der Waals surface area (Å²) >= 11 is 0. The fourth-order valence-corrected chi connectivity index (χ4v) is 2.60. The van der Waals surface area contributed by atoms with Crippen molar-refractivity contribution in [2.75, 3.05) is 7.05 Å². The molecule has 3 aromatic rings. The number of benzene rings is 2. The molecular weight excluding hydrogens is 324 g/mol. The quantitative estimate of drug-likeness (QED) is 0.543. The third-order valence-corrected chi connectivity index (χ3v) is 4.22. The summed E-state index contributed by atoms with van der Waals surface area (Å²) in [4.78, 5) is 8.80. The number of aryl methyl sites for hydroxylation is 2. The van der Waals surface area contributed by atoms with Crippen molar-refractivity contribution < 1.29 is 4.42 Å². The van der Waals surface area contributed by atoms with Gasteiger partial charge in [0.15, 0.2) is 5.96 Å². The second-order valence-corrected chi connectivity index (χ2v) is 6.22. The van der Waals surface area contributed by atoms with Gasteiger partial charge in [-0.25, -0.2) is 4.98 Å². The molecule has 0 radical (unpaired) electrons. The predicted molar refractivity (Wildman–Crippen MR) is 105 cm³/mol. The van der Waals surface area contributed by atoms with E-state index in [1.807, 2.05) is 24.3 Å². The number of aliphatic imine (C=N–C) groups is 1. The summed E-state index contributed by atoms with van der Waals surface area (Å²) in [5.41, 5.74) is 5.53. The minimum Gasteiger partial charge on any atom is -0.444 e. The molecule has 1 aromatic heterocycles. The average Bonchev–Trinajstić information content (AvgIpc) is 3.13. The van der Waals surface area contributed by atoms with Crippen LogP contribution in [0.4, 0.5) is 0 Å². The van der Waals surface area contributed by atoms with Gasteiger partial charge in [-0.1, -0.05) is 42.0 Å². The molecule has 3 rings (SSSR count). The van der Waals surface area contributed by atoms with Crippen molar-refractivity contribution in [1.29, 1.82) is 0 Å². The summed E-state index contributed by atoms with van der Waals surface area (Å²) in [6, 6.07) is 16.4. The first-order valence-electron chi connectivity index (χ1n) is 8.66. The molecule has 2 aromatic carbocycles. The van der Waals surface area contributed by atoms with E-state index in [1.165, 1.54) is 16.7 Å². The molecule has 2 N–H and O–H groups in total. The number of nitrogens with zero attached hydrogens (tertiary/aromatic N) is 2. The van der Waals surface area contributed by atoms with E-state index in [1.54, 1.807) is 13.3 Å². The lowest BCUT2D eigenvalue weighted by atomic mass is 10.1. The standard InChI is InChI=1S/C21H24N4O/c1-15-8-10-17(11-9-15)20-25-19(14-26-20)13-24-21(22-3)23-12-18-7-5-4-6-16(18)2/h4-11,14H,12-13H2,1-3H3,(H2,22,23,24). The summed E-state index contributed by atoms with van der Waals surface area (Å²) in [5, 5.41) is 6.59. The smallest absolute Gasteiger partial charge is 0.226 e. The lowest BCUT2D eigenvalue weighted by Gasteiger charge is -2.12. The van der Waals surface area contributed by atoms with Gasteiger partial charge in [0.25, 0.3) is 0 Å². The third-order valence-electron chi connectivity index (χ3n) is 4.22. The number of aromatic nitrogens is 1. The highest BCUT2D eigenvalue weighted by Crippen LogP contribution is 2.19. The minimum absolute atomic E-state index is 0.544. The van der Waals surface area contributed by atoms with E-state index in [9.17, 15) is 0 Å². The number of rotatable bonds is 5.